The maximum atomic E-state index is 10.5. The standard InChI is InChI=1S/C29H33N3O2/c1-18-16-20(32-26-9-5-7-23-22(26)11-13-27(23)33)10-12-25(18)30-15-14-19-17-31-28-21(19)6-4-8-24(28)29(2,3)34/h4-10,12,16-17,27,30-34H,11,13-15H2,1-3H3/t27-/m1/s1. The van der Waals surface area contributed by atoms with Crippen molar-refractivity contribution in [2.45, 2.75) is 51.7 Å². The summed E-state index contributed by atoms with van der Waals surface area (Å²) >= 11 is 0. The zero-order valence-electron chi connectivity index (χ0n) is 20.1. The number of aromatic amines is 1. The minimum atomic E-state index is -0.883. The molecular formula is C29H33N3O2. The maximum absolute atomic E-state index is 10.5. The minimum Gasteiger partial charge on any atom is -0.388 e. The highest BCUT2D eigenvalue weighted by Gasteiger charge is 2.23. The van der Waals surface area contributed by atoms with E-state index in [9.17, 15) is 10.2 Å². The van der Waals surface area contributed by atoms with Gasteiger partial charge in [0, 0.05) is 40.8 Å². The molecule has 0 radical (unpaired) electrons. The fourth-order valence-corrected chi connectivity index (χ4v) is 5.11. The van der Waals surface area contributed by atoms with Crippen LogP contribution in [0, 0.1) is 6.92 Å². The van der Waals surface area contributed by atoms with Gasteiger partial charge in [-0.05, 0) is 86.6 Å². The number of benzene rings is 3. The molecular weight excluding hydrogens is 422 g/mol. The predicted octanol–water partition coefficient (Wildman–Crippen LogP) is 6.08. The van der Waals surface area contributed by atoms with Crippen LogP contribution in [0.3, 0.4) is 0 Å². The van der Waals surface area contributed by atoms with Crippen LogP contribution in [0.1, 0.15) is 54.2 Å². The van der Waals surface area contributed by atoms with E-state index < -0.39 is 5.60 Å². The van der Waals surface area contributed by atoms with Crippen LogP contribution in [0.15, 0.2) is 60.8 Å². The van der Waals surface area contributed by atoms with Gasteiger partial charge in [0.1, 0.15) is 0 Å². The van der Waals surface area contributed by atoms with Crippen LogP contribution < -0.4 is 10.6 Å². The zero-order chi connectivity index (χ0) is 23.9. The van der Waals surface area contributed by atoms with Gasteiger partial charge >= 0.3 is 0 Å². The molecule has 0 spiro atoms. The monoisotopic (exact) mass is 455 g/mol. The summed E-state index contributed by atoms with van der Waals surface area (Å²) in [7, 11) is 0. The van der Waals surface area contributed by atoms with Crippen LogP contribution in [0.4, 0.5) is 17.1 Å². The van der Waals surface area contributed by atoms with Crippen molar-refractivity contribution in [1.82, 2.24) is 4.98 Å². The minimum absolute atomic E-state index is 0.344. The molecule has 1 aliphatic carbocycles. The molecule has 1 aliphatic rings. The van der Waals surface area contributed by atoms with Gasteiger partial charge in [0.05, 0.1) is 17.2 Å². The summed E-state index contributed by atoms with van der Waals surface area (Å²) in [4.78, 5) is 3.36. The van der Waals surface area contributed by atoms with E-state index >= 15 is 0 Å². The first kappa shape index (κ1) is 22.5. The highest BCUT2D eigenvalue weighted by atomic mass is 16.3. The lowest BCUT2D eigenvalue weighted by Crippen LogP contribution is -2.15. The summed E-state index contributed by atoms with van der Waals surface area (Å²) < 4.78 is 0. The molecule has 34 heavy (non-hydrogen) atoms. The maximum Gasteiger partial charge on any atom is 0.0860 e. The third-order valence-corrected chi connectivity index (χ3v) is 6.91. The second kappa shape index (κ2) is 8.82. The molecule has 0 unspecified atom stereocenters. The Labute approximate surface area is 200 Å². The number of rotatable bonds is 7. The normalized spacial score (nSPS) is 15.5. The van der Waals surface area contributed by atoms with E-state index in [-0.39, 0.29) is 6.10 Å². The van der Waals surface area contributed by atoms with E-state index in [1.54, 1.807) is 0 Å². The molecule has 1 heterocycles. The van der Waals surface area contributed by atoms with E-state index in [0.29, 0.717) is 0 Å². The van der Waals surface area contributed by atoms with Gasteiger partial charge in [0.15, 0.2) is 0 Å². The van der Waals surface area contributed by atoms with E-state index in [0.717, 1.165) is 59.5 Å². The average molecular weight is 456 g/mol. The molecule has 3 aromatic carbocycles. The van der Waals surface area contributed by atoms with Crippen LogP contribution >= 0.6 is 0 Å². The van der Waals surface area contributed by atoms with Crippen molar-refractivity contribution >= 4 is 28.0 Å². The van der Waals surface area contributed by atoms with Gasteiger partial charge in [-0.15, -0.1) is 0 Å². The number of aromatic nitrogens is 1. The Morgan fingerprint density at radius 1 is 1.06 bits per heavy atom. The molecule has 1 aromatic heterocycles. The largest absolute Gasteiger partial charge is 0.388 e. The Hall–Kier alpha value is -3.28. The number of nitrogens with one attached hydrogen (secondary N) is 3. The third-order valence-electron chi connectivity index (χ3n) is 6.91. The fraction of sp³-hybridized carbons (Fsp3) is 0.310. The van der Waals surface area contributed by atoms with Crippen LogP contribution in [0.2, 0.25) is 0 Å². The number of H-pyrrole nitrogens is 1. The van der Waals surface area contributed by atoms with Crippen LogP contribution in [-0.2, 0) is 18.4 Å². The molecule has 0 fully saturated rings. The second-order valence-corrected chi connectivity index (χ2v) is 9.86. The quantitative estimate of drug-likeness (QED) is 0.234. The van der Waals surface area contributed by atoms with Crippen molar-refractivity contribution in [1.29, 1.82) is 0 Å². The molecule has 0 amide bonds. The Balaban J connectivity index is 1.26. The summed E-state index contributed by atoms with van der Waals surface area (Å²) in [6.07, 6.45) is 4.29. The number of aliphatic hydroxyl groups is 2. The molecule has 0 aliphatic heterocycles. The van der Waals surface area contributed by atoms with Crippen molar-refractivity contribution < 1.29 is 10.2 Å². The number of aryl methyl sites for hydroxylation is 1. The summed E-state index contributed by atoms with van der Waals surface area (Å²) in [6, 6.07) is 18.6. The van der Waals surface area contributed by atoms with E-state index in [2.05, 4.69) is 59.1 Å². The Kier molecular flexibility index (Phi) is 5.84. The first-order valence-corrected chi connectivity index (χ1v) is 12.0. The summed E-state index contributed by atoms with van der Waals surface area (Å²) in [5.41, 5.74) is 8.99. The molecule has 4 aromatic rings. The van der Waals surface area contributed by atoms with E-state index in [1.807, 2.05) is 38.1 Å². The van der Waals surface area contributed by atoms with Crippen molar-refractivity contribution in [3.05, 3.63) is 88.6 Å². The summed E-state index contributed by atoms with van der Waals surface area (Å²) in [5.74, 6) is 0. The number of aliphatic hydroxyl groups excluding tert-OH is 1. The van der Waals surface area contributed by atoms with E-state index in [1.165, 1.54) is 22.1 Å². The van der Waals surface area contributed by atoms with Gasteiger partial charge in [-0.3, -0.25) is 0 Å². The van der Waals surface area contributed by atoms with Gasteiger partial charge in [-0.2, -0.15) is 0 Å². The fourth-order valence-electron chi connectivity index (χ4n) is 5.11. The smallest absolute Gasteiger partial charge is 0.0860 e. The Morgan fingerprint density at radius 2 is 1.88 bits per heavy atom. The Bertz CT molecular complexity index is 1330. The first-order chi connectivity index (χ1) is 16.3. The van der Waals surface area contributed by atoms with Crippen molar-refractivity contribution in [2.24, 2.45) is 0 Å². The van der Waals surface area contributed by atoms with Gasteiger partial charge < -0.3 is 25.8 Å². The predicted molar refractivity (Wildman–Crippen MR) is 140 cm³/mol. The number of hydrogen-bond acceptors (Lipinski definition) is 4. The molecule has 0 saturated carbocycles. The zero-order valence-corrected chi connectivity index (χ0v) is 20.1. The molecule has 5 rings (SSSR count). The van der Waals surface area contributed by atoms with Gasteiger partial charge in [0.2, 0.25) is 0 Å². The highest BCUT2D eigenvalue weighted by molar-refractivity contribution is 5.86. The topological polar surface area (TPSA) is 80.3 Å². The number of hydrogen-bond donors (Lipinski definition) is 5. The van der Waals surface area contributed by atoms with Crippen LogP contribution in [0.5, 0.6) is 0 Å². The van der Waals surface area contributed by atoms with Crippen molar-refractivity contribution in [2.75, 3.05) is 17.2 Å². The highest BCUT2D eigenvalue weighted by Crippen LogP contribution is 2.37. The molecule has 0 saturated heterocycles. The SMILES string of the molecule is Cc1cc(Nc2cccc3c2CC[C@H]3O)ccc1NCCc1c[nH]c2c(C(C)(C)O)cccc12. The summed E-state index contributed by atoms with van der Waals surface area (Å²) in [5, 5.41) is 28.9. The lowest BCUT2D eigenvalue weighted by atomic mass is 9.95. The lowest BCUT2D eigenvalue weighted by Gasteiger charge is -2.18. The molecule has 5 N–H and O–H groups in total. The number of para-hydroxylation sites is 1. The molecule has 176 valence electrons. The van der Waals surface area contributed by atoms with E-state index in [4.69, 9.17) is 0 Å². The average Bonchev–Trinajstić information content (AvgIpc) is 3.39. The van der Waals surface area contributed by atoms with Gasteiger partial charge in [-0.25, -0.2) is 0 Å². The lowest BCUT2D eigenvalue weighted by molar-refractivity contribution is 0.0800. The Morgan fingerprint density at radius 3 is 2.68 bits per heavy atom. The van der Waals surface area contributed by atoms with Gasteiger partial charge in [0.25, 0.3) is 0 Å². The molecule has 0 bridgehead atoms. The third kappa shape index (κ3) is 4.29. The molecule has 5 heteroatoms. The first-order valence-electron chi connectivity index (χ1n) is 12.0. The molecule has 1 atom stereocenters. The van der Waals surface area contributed by atoms with Crippen LogP contribution in [-0.4, -0.2) is 21.7 Å². The molecule has 5 nitrogen and oxygen atoms in total. The summed E-state index contributed by atoms with van der Waals surface area (Å²) in [6.45, 7) is 6.57. The van der Waals surface area contributed by atoms with Gasteiger partial charge in [-0.1, -0.05) is 30.3 Å². The number of anilines is 3. The second-order valence-electron chi connectivity index (χ2n) is 9.86. The van der Waals surface area contributed by atoms with Crippen molar-refractivity contribution in [3.63, 3.8) is 0 Å². The number of fused-ring (bicyclic) bond motifs is 2. The van der Waals surface area contributed by atoms with Crippen molar-refractivity contribution in [3.8, 4) is 0 Å². The van der Waals surface area contributed by atoms with Crippen LogP contribution in [0.25, 0.3) is 10.9 Å².